The van der Waals surface area contributed by atoms with E-state index in [9.17, 15) is 4.79 Å². The van der Waals surface area contributed by atoms with Crippen molar-refractivity contribution in [1.82, 2.24) is 10.6 Å². The molecule has 5 heteroatoms. The summed E-state index contributed by atoms with van der Waals surface area (Å²) in [5.41, 5.74) is 5.43. The molecule has 0 aromatic carbocycles. The second-order valence-corrected chi connectivity index (χ2v) is 2.28. The van der Waals surface area contributed by atoms with E-state index >= 15 is 0 Å². The van der Waals surface area contributed by atoms with Gasteiger partial charge in [-0.05, 0) is 6.92 Å². The summed E-state index contributed by atoms with van der Waals surface area (Å²) >= 11 is 0. The van der Waals surface area contributed by atoms with Gasteiger partial charge in [0.2, 0.25) is 5.91 Å². The van der Waals surface area contributed by atoms with Crippen molar-refractivity contribution < 1.29 is 4.79 Å². The normalized spacial score (nSPS) is 11.0. The molecular formula is C7H16N4O. The Balaban J connectivity index is 3.39. The third-order valence-electron chi connectivity index (χ3n) is 1.13. The molecule has 1 amide bonds. The van der Waals surface area contributed by atoms with Gasteiger partial charge < -0.3 is 16.4 Å². The molecule has 0 unspecified atom stereocenters. The van der Waals surface area contributed by atoms with Crippen molar-refractivity contribution in [3.05, 3.63) is 0 Å². The van der Waals surface area contributed by atoms with Crippen molar-refractivity contribution >= 4 is 11.9 Å². The summed E-state index contributed by atoms with van der Waals surface area (Å²) in [6, 6.07) is 0. The summed E-state index contributed by atoms with van der Waals surface area (Å²) in [6.07, 6.45) is 0. The topological polar surface area (TPSA) is 79.5 Å². The largest absolute Gasteiger partial charge is 0.370 e. The fourth-order valence-corrected chi connectivity index (χ4v) is 0.645. The van der Waals surface area contributed by atoms with Crippen LogP contribution in [0.15, 0.2) is 4.99 Å². The number of nitrogens with one attached hydrogen (secondary N) is 2. The maximum atomic E-state index is 10.4. The predicted molar refractivity (Wildman–Crippen MR) is 48.8 cm³/mol. The van der Waals surface area contributed by atoms with E-state index in [0.29, 0.717) is 19.0 Å². The van der Waals surface area contributed by atoms with Crippen LogP contribution in [-0.4, -0.2) is 31.5 Å². The molecule has 0 aromatic rings. The highest BCUT2D eigenvalue weighted by Gasteiger charge is 1.89. The fraction of sp³-hybridized carbons (Fsp3) is 0.714. The minimum atomic E-state index is -0.0489. The van der Waals surface area contributed by atoms with Gasteiger partial charge in [0.05, 0.1) is 6.54 Å². The second kappa shape index (κ2) is 6.45. The number of nitrogens with two attached hydrogens (primary N) is 1. The molecule has 0 saturated heterocycles. The Morgan fingerprint density at radius 1 is 1.50 bits per heavy atom. The molecule has 0 rings (SSSR count). The molecule has 0 radical (unpaired) electrons. The average molecular weight is 172 g/mol. The summed E-state index contributed by atoms with van der Waals surface area (Å²) in [5, 5.41) is 5.46. The van der Waals surface area contributed by atoms with Gasteiger partial charge in [0.1, 0.15) is 0 Å². The standard InChI is InChI=1S/C7H16N4O/c1-3-9-7(8)11-5-4-10-6(2)12/h3-5H2,1-2H3,(H,10,12)(H3,8,9,11). The number of hydrogen-bond acceptors (Lipinski definition) is 2. The number of carbonyl (C=O) groups excluding carboxylic acids is 1. The van der Waals surface area contributed by atoms with Gasteiger partial charge in [-0.1, -0.05) is 0 Å². The Morgan fingerprint density at radius 2 is 2.17 bits per heavy atom. The van der Waals surface area contributed by atoms with E-state index < -0.39 is 0 Å². The average Bonchev–Trinajstić information content (AvgIpc) is 1.98. The summed E-state index contributed by atoms with van der Waals surface area (Å²) in [7, 11) is 0. The van der Waals surface area contributed by atoms with Crippen molar-refractivity contribution in [2.45, 2.75) is 13.8 Å². The van der Waals surface area contributed by atoms with Gasteiger partial charge in [-0.2, -0.15) is 0 Å². The van der Waals surface area contributed by atoms with E-state index in [-0.39, 0.29) is 5.91 Å². The van der Waals surface area contributed by atoms with Crippen molar-refractivity contribution in [1.29, 1.82) is 0 Å². The van der Waals surface area contributed by atoms with E-state index in [2.05, 4.69) is 15.6 Å². The second-order valence-electron chi connectivity index (χ2n) is 2.28. The molecular weight excluding hydrogens is 156 g/mol. The highest BCUT2D eigenvalue weighted by molar-refractivity contribution is 5.77. The molecule has 0 heterocycles. The molecule has 0 bridgehead atoms. The van der Waals surface area contributed by atoms with Crippen LogP contribution in [0.25, 0.3) is 0 Å². The van der Waals surface area contributed by atoms with Crippen molar-refractivity contribution in [3.63, 3.8) is 0 Å². The van der Waals surface area contributed by atoms with Crippen LogP contribution >= 0.6 is 0 Å². The summed E-state index contributed by atoms with van der Waals surface area (Å²) < 4.78 is 0. The van der Waals surface area contributed by atoms with Crippen LogP contribution in [-0.2, 0) is 4.79 Å². The van der Waals surface area contributed by atoms with Gasteiger partial charge in [0.25, 0.3) is 0 Å². The summed E-state index contributed by atoms with van der Waals surface area (Å²) in [5.74, 6) is 0.370. The highest BCUT2D eigenvalue weighted by atomic mass is 16.1. The monoisotopic (exact) mass is 172 g/mol. The van der Waals surface area contributed by atoms with Crippen LogP contribution in [0, 0.1) is 0 Å². The molecule has 0 spiro atoms. The first-order valence-corrected chi connectivity index (χ1v) is 3.95. The molecule has 0 aliphatic rings. The van der Waals surface area contributed by atoms with E-state index in [1.165, 1.54) is 6.92 Å². The molecule has 5 nitrogen and oxygen atoms in total. The Hall–Kier alpha value is -1.26. The molecule has 4 N–H and O–H groups in total. The molecule has 0 fully saturated rings. The molecule has 70 valence electrons. The van der Waals surface area contributed by atoms with E-state index in [1.807, 2.05) is 6.92 Å². The molecule has 0 aliphatic heterocycles. The number of aliphatic imine (C=N–C) groups is 1. The lowest BCUT2D eigenvalue weighted by Crippen LogP contribution is -2.32. The Kier molecular flexibility index (Phi) is 5.77. The van der Waals surface area contributed by atoms with E-state index in [0.717, 1.165) is 6.54 Å². The third-order valence-corrected chi connectivity index (χ3v) is 1.13. The van der Waals surface area contributed by atoms with Gasteiger partial charge in [0.15, 0.2) is 5.96 Å². The minimum absolute atomic E-state index is 0.0489. The number of rotatable bonds is 4. The highest BCUT2D eigenvalue weighted by Crippen LogP contribution is 1.69. The molecule has 0 aromatic heterocycles. The third kappa shape index (κ3) is 6.85. The van der Waals surface area contributed by atoms with Crippen LogP contribution in [0.3, 0.4) is 0 Å². The quantitative estimate of drug-likeness (QED) is 0.290. The molecule has 0 atom stereocenters. The van der Waals surface area contributed by atoms with Crippen LogP contribution in [0.2, 0.25) is 0 Å². The first-order valence-electron chi connectivity index (χ1n) is 3.95. The van der Waals surface area contributed by atoms with Crippen molar-refractivity contribution in [2.75, 3.05) is 19.6 Å². The molecule has 0 saturated carbocycles. The van der Waals surface area contributed by atoms with Crippen molar-refractivity contribution in [2.24, 2.45) is 10.7 Å². The molecule has 0 aliphatic carbocycles. The minimum Gasteiger partial charge on any atom is -0.370 e. The molecule has 12 heavy (non-hydrogen) atoms. The number of hydrogen-bond donors (Lipinski definition) is 3. The first kappa shape index (κ1) is 10.7. The van der Waals surface area contributed by atoms with Gasteiger partial charge in [0, 0.05) is 20.0 Å². The van der Waals surface area contributed by atoms with Crippen LogP contribution in [0.1, 0.15) is 13.8 Å². The van der Waals surface area contributed by atoms with Gasteiger partial charge >= 0.3 is 0 Å². The van der Waals surface area contributed by atoms with Gasteiger partial charge in [-0.25, -0.2) is 0 Å². The Bertz CT molecular complexity index is 167. The smallest absolute Gasteiger partial charge is 0.216 e. The number of carbonyl (C=O) groups is 1. The zero-order valence-corrected chi connectivity index (χ0v) is 7.55. The SMILES string of the molecule is CCNC(N)=NCCNC(C)=O. The Labute approximate surface area is 72.4 Å². The van der Waals surface area contributed by atoms with E-state index in [4.69, 9.17) is 5.73 Å². The van der Waals surface area contributed by atoms with Gasteiger partial charge in [-0.3, -0.25) is 9.79 Å². The summed E-state index contributed by atoms with van der Waals surface area (Å²) in [6.45, 7) is 5.21. The van der Waals surface area contributed by atoms with Crippen LogP contribution < -0.4 is 16.4 Å². The van der Waals surface area contributed by atoms with Crippen LogP contribution in [0.5, 0.6) is 0 Å². The van der Waals surface area contributed by atoms with Crippen LogP contribution in [0.4, 0.5) is 0 Å². The van der Waals surface area contributed by atoms with E-state index in [1.54, 1.807) is 0 Å². The summed E-state index contributed by atoms with van der Waals surface area (Å²) in [4.78, 5) is 14.4. The lowest BCUT2D eigenvalue weighted by Gasteiger charge is -2.01. The maximum absolute atomic E-state index is 10.4. The maximum Gasteiger partial charge on any atom is 0.216 e. The van der Waals surface area contributed by atoms with Gasteiger partial charge in [-0.15, -0.1) is 0 Å². The zero-order chi connectivity index (χ0) is 9.40. The van der Waals surface area contributed by atoms with Crippen molar-refractivity contribution in [3.8, 4) is 0 Å². The lowest BCUT2D eigenvalue weighted by molar-refractivity contribution is -0.118. The number of nitrogens with zero attached hydrogens (tertiary/aromatic N) is 1. The number of guanidine groups is 1. The fourth-order valence-electron chi connectivity index (χ4n) is 0.645. The predicted octanol–water partition coefficient (Wildman–Crippen LogP) is -0.953. The number of amides is 1. The lowest BCUT2D eigenvalue weighted by atomic mass is 10.6. The Morgan fingerprint density at radius 3 is 2.67 bits per heavy atom. The zero-order valence-electron chi connectivity index (χ0n) is 7.55. The first-order chi connectivity index (χ1) is 5.66.